The van der Waals surface area contributed by atoms with Crippen molar-refractivity contribution in [3.63, 3.8) is 0 Å². The topological polar surface area (TPSA) is 36.7 Å². The molecule has 22 heavy (non-hydrogen) atoms. The highest BCUT2D eigenvalue weighted by Gasteiger charge is 2.24. The molecule has 0 atom stereocenters. The number of carbonyl (C=O) groups excluding carboxylic acids is 1. The van der Waals surface area contributed by atoms with E-state index in [1.54, 1.807) is 6.07 Å². The molecule has 0 N–H and O–H groups in total. The zero-order valence-corrected chi connectivity index (χ0v) is 13.2. The molecule has 2 aromatic rings. The van der Waals surface area contributed by atoms with Crippen LogP contribution < -0.4 is 0 Å². The average molecular weight is 298 g/mol. The summed E-state index contributed by atoms with van der Waals surface area (Å²) < 4.78 is 5.43. The Bertz CT molecular complexity index is 655. The number of hydrogen-bond acceptors (Lipinski definition) is 3. The summed E-state index contributed by atoms with van der Waals surface area (Å²) in [6, 6.07) is 12.1. The molecule has 116 valence electrons. The summed E-state index contributed by atoms with van der Waals surface area (Å²) in [6.07, 6.45) is 0. The van der Waals surface area contributed by atoms with Gasteiger partial charge in [0.1, 0.15) is 5.76 Å². The fourth-order valence-electron chi connectivity index (χ4n) is 2.84. The number of amides is 1. The normalized spacial score (nSPS) is 16.0. The molecule has 1 aromatic carbocycles. The van der Waals surface area contributed by atoms with Crippen molar-refractivity contribution in [2.75, 3.05) is 26.2 Å². The number of carbonyl (C=O) groups is 1. The van der Waals surface area contributed by atoms with Gasteiger partial charge in [0.25, 0.3) is 5.91 Å². The van der Waals surface area contributed by atoms with Crippen LogP contribution in [0.5, 0.6) is 0 Å². The van der Waals surface area contributed by atoms with Crippen LogP contribution in [0.15, 0.2) is 40.8 Å². The second-order valence-electron chi connectivity index (χ2n) is 5.91. The zero-order valence-electron chi connectivity index (χ0n) is 13.2. The molecule has 1 fully saturated rings. The van der Waals surface area contributed by atoms with Crippen molar-refractivity contribution < 1.29 is 9.21 Å². The predicted octanol–water partition coefficient (Wildman–Crippen LogP) is 2.85. The largest absolute Gasteiger partial charge is 0.456 e. The number of aryl methyl sites for hydroxylation is 2. The molecule has 0 spiro atoms. The lowest BCUT2D eigenvalue weighted by molar-refractivity contribution is 0.0596. The van der Waals surface area contributed by atoms with Crippen LogP contribution in [0.2, 0.25) is 0 Å². The Morgan fingerprint density at radius 3 is 2.41 bits per heavy atom. The Hall–Kier alpha value is -2.07. The number of rotatable bonds is 3. The molecule has 1 amide bonds. The molecule has 2 heterocycles. The van der Waals surface area contributed by atoms with E-state index in [9.17, 15) is 4.79 Å². The van der Waals surface area contributed by atoms with E-state index >= 15 is 0 Å². The molecule has 0 saturated carbocycles. The van der Waals surface area contributed by atoms with Crippen molar-refractivity contribution in [2.24, 2.45) is 0 Å². The lowest BCUT2D eigenvalue weighted by Crippen LogP contribution is -2.48. The van der Waals surface area contributed by atoms with Crippen LogP contribution in [-0.4, -0.2) is 41.9 Å². The smallest absolute Gasteiger partial charge is 0.289 e. The van der Waals surface area contributed by atoms with Gasteiger partial charge in [-0.05, 0) is 37.1 Å². The minimum atomic E-state index is 0.00337. The molecule has 1 aromatic heterocycles. The molecule has 3 rings (SSSR count). The summed E-state index contributed by atoms with van der Waals surface area (Å²) in [7, 11) is 0. The first-order chi connectivity index (χ1) is 10.6. The zero-order chi connectivity index (χ0) is 15.5. The minimum absolute atomic E-state index is 0.00337. The van der Waals surface area contributed by atoms with E-state index in [-0.39, 0.29) is 5.91 Å². The van der Waals surface area contributed by atoms with Crippen LogP contribution in [0.25, 0.3) is 0 Å². The lowest BCUT2D eigenvalue weighted by Gasteiger charge is -2.34. The standard InChI is InChI=1S/C18H22N2O2/c1-14-5-3-4-6-16(14)13-19-9-11-20(12-10-19)18(21)17-8-7-15(2)22-17/h3-8H,9-13H2,1-2H3. The van der Waals surface area contributed by atoms with Crippen LogP contribution in [0.4, 0.5) is 0 Å². The third-order valence-corrected chi connectivity index (χ3v) is 4.27. The van der Waals surface area contributed by atoms with Gasteiger partial charge in [0, 0.05) is 32.7 Å². The highest BCUT2D eigenvalue weighted by molar-refractivity contribution is 5.91. The van der Waals surface area contributed by atoms with Crippen molar-refractivity contribution in [3.05, 3.63) is 59.0 Å². The first kappa shape index (κ1) is 14.9. The number of piperazine rings is 1. The summed E-state index contributed by atoms with van der Waals surface area (Å²) in [6.45, 7) is 8.27. The van der Waals surface area contributed by atoms with Gasteiger partial charge in [0.15, 0.2) is 5.76 Å². The first-order valence-electron chi connectivity index (χ1n) is 7.76. The van der Waals surface area contributed by atoms with Gasteiger partial charge in [0.05, 0.1) is 0 Å². The summed E-state index contributed by atoms with van der Waals surface area (Å²) in [5, 5.41) is 0. The number of furan rings is 1. The van der Waals surface area contributed by atoms with Gasteiger partial charge in [0.2, 0.25) is 0 Å². The molecule has 4 heteroatoms. The highest BCUT2D eigenvalue weighted by atomic mass is 16.3. The molecule has 1 saturated heterocycles. The average Bonchev–Trinajstić information content (AvgIpc) is 2.96. The molecular formula is C18H22N2O2. The summed E-state index contributed by atoms with van der Waals surface area (Å²) in [5.74, 6) is 1.23. The molecule has 0 radical (unpaired) electrons. The van der Waals surface area contributed by atoms with Gasteiger partial charge in [-0.2, -0.15) is 0 Å². The Balaban J connectivity index is 1.56. The SMILES string of the molecule is Cc1ccc(C(=O)N2CCN(Cc3ccccc3C)CC2)o1. The Morgan fingerprint density at radius 2 is 1.77 bits per heavy atom. The van der Waals surface area contributed by atoms with Crippen LogP contribution in [0.1, 0.15) is 27.4 Å². The molecular weight excluding hydrogens is 276 g/mol. The van der Waals surface area contributed by atoms with Crippen molar-refractivity contribution in [1.82, 2.24) is 9.80 Å². The summed E-state index contributed by atoms with van der Waals surface area (Å²) in [4.78, 5) is 16.6. The number of hydrogen-bond donors (Lipinski definition) is 0. The van der Waals surface area contributed by atoms with Crippen molar-refractivity contribution >= 4 is 5.91 Å². The maximum absolute atomic E-state index is 12.3. The van der Waals surface area contributed by atoms with E-state index in [4.69, 9.17) is 4.42 Å². The van der Waals surface area contributed by atoms with Gasteiger partial charge in [-0.25, -0.2) is 0 Å². The molecule has 1 aliphatic heterocycles. The van der Waals surface area contributed by atoms with E-state index < -0.39 is 0 Å². The van der Waals surface area contributed by atoms with Crippen LogP contribution in [0.3, 0.4) is 0 Å². The second kappa shape index (κ2) is 6.36. The van der Waals surface area contributed by atoms with E-state index in [0.29, 0.717) is 5.76 Å². The van der Waals surface area contributed by atoms with Gasteiger partial charge < -0.3 is 9.32 Å². The quantitative estimate of drug-likeness (QED) is 0.874. The molecule has 0 bridgehead atoms. The highest BCUT2D eigenvalue weighted by Crippen LogP contribution is 2.15. The van der Waals surface area contributed by atoms with E-state index in [1.165, 1.54) is 11.1 Å². The minimum Gasteiger partial charge on any atom is -0.456 e. The summed E-state index contributed by atoms with van der Waals surface area (Å²) >= 11 is 0. The maximum Gasteiger partial charge on any atom is 0.289 e. The van der Waals surface area contributed by atoms with Gasteiger partial charge in [-0.15, -0.1) is 0 Å². The Morgan fingerprint density at radius 1 is 1.05 bits per heavy atom. The van der Waals surface area contributed by atoms with Gasteiger partial charge >= 0.3 is 0 Å². The maximum atomic E-state index is 12.3. The molecule has 1 aliphatic rings. The summed E-state index contributed by atoms with van der Waals surface area (Å²) in [5.41, 5.74) is 2.69. The molecule has 0 aliphatic carbocycles. The van der Waals surface area contributed by atoms with Gasteiger partial charge in [-0.3, -0.25) is 9.69 Å². The van der Waals surface area contributed by atoms with E-state index in [1.807, 2.05) is 17.9 Å². The number of benzene rings is 1. The Kier molecular flexibility index (Phi) is 4.29. The van der Waals surface area contributed by atoms with Crippen LogP contribution in [0, 0.1) is 13.8 Å². The number of nitrogens with zero attached hydrogens (tertiary/aromatic N) is 2. The first-order valence-corrected chi connectivity index (χ1v) is 7.76. The van der Waals surface area contributed by atoms with Crippen LogP contribution in [-0.2, 0) is 6.54 Å². The van der Waals surface area contributed by atoms with Crippen LogP contribution >= 0.6 is 0 Å². The second-order valence-corrected chi connectivity index (χ2v) is 5.91. The molecule has 0 unspecified atom stereocenters. The van der Waals surface area contributed by atoms with Crippen molar-refractivity contribution in [1.29, 1.82) is 0 Å². The van der Waals surface area contributed by atoms with Crippen molar-refractivity contribution in [2.45, 2.75) is 20.4 Å². The third-order valence-electron chi connectivity index (χ3n) is 4.27. The van der Waals surface area contributed by atoms with Crippen molar-refractivity contribution in [3.8, 4) is 0 Å². The van der Waals surface area contributed by atoms with E-state index in [0.717, 1.165) is 38.5 Å². The Labute approximate surface area is 131 Å². The fourth-order valence-corrected chi connectivity index (χ4v) is 2.84. The fraction of sp³-hybridized carbons (Fsp3) is 0.389. The lowest BCUT2D eigenvalue weighted by atomic mass is 10.1. The molecule has 4 nitrogen and oxygen atoms in total. The predicted molar refractivity (Wildman–Crippen MR) is 85.8 cm³/mol. The monoisotopic (exact) mass is 298 g/mol. The van der Waals surface area contributed by atoms with Gasteiger partial charge in [-0.1, -0.05) is 24.3 Å². The van der Waals surface area contributed by atoms with E-state index in [2.05, 4.69) is 36.1 Å². The third kappa shape index (κ3) is 3.22.